The van der Waals surface area contributed by atoms with Gasteiger partial charge in [-0.2, -0.15) is 0 Å². The molecule has 24 heavy (non-hydrogen) atoms. The molecule has 0 aliphatic rings. The predicted molar refractivity (Wildman–Crippen MR) is 89.8 cm³/mol. The lowest BCUT2D eigenvalue weighted by Crippen LogP contribution is -1.97. The Morgan fingerprint density at radius 2 is 0.833 bits per heavy atom. The SMILES string of the molecule is COc1cc(CCc2cc(OC)c(O)c(OC)c2)cc(OC)c1O. The van der Waals surface area contributed by atoms with Crippen LogP contribution in [0.5, 0.6) is 34.5 Å². The van der Waals surface area contributed by atoms with Gasteiger partial charge in [-0.1, -0.05) is 0 Å². The average molecular weight is 334 g/mol. The maximum absolute atomic E-state index is 9.95. The van der Waals surface area contributed by atoms with Crippen molar-refractivity contribution >= 4 is 0 Å². The molecular weight excluding hydrogens is 312 g/mol. The van der Waals surface area contributed by atoms with E-state index in [1.165, 1.54) is 28.4 Å². The first-order chi connectivity index (χ1) is 11.5. The minimum atomic E-state index is -0.0169. The van der Waals surface area contributed by atoms with Crippen LogP contribution < -0.4 is 18.9 Å². The van der Waals surface area contributed by atoms with Crippen LogP contribution >= 0.6 is 0 Å². The number of aryl methyl sites for hydroxylation is 2. The molecule has 0 saturated heterocycles. The Balaban J connectivity index is 2.25. The van der Waals surface area contributed by atoms with Gasteiger partial charge in [-0.05, 0) is 48.2 Å². The van der Waals surface area contributed by atoms with Gasteiger partial charge in [0, 0.05) is 0 Å². The van der Waals surface area contributed by atoms with E-state index in [-0.39, 0.29) is 11.5 Å². The van der Waals surface area contributed by atoms with Gasteiger partial charge in [-0.3, -0.25) is 0 Å². The van der Waals surface area contributed by atoms with Gasteiger partial charge < -0.3 is 29.2 Å². The molecule has 6 heteroatoms. The summed E-state index contributed by atoms with van der Waals surface area (Å²) in [7, 11) is 5.98. The molecule has 0 heterocycles. The van der Waals surface area contributed by atoms with E-state index in [9.17, 15) is 10.2 Å². The monoisotopic (exact) mass is 334 g/mol. The van der Waals surface area contributed by atoms with Gasteiger partial charge in [-0.15, -0.1) is 0 Å². The van der Waals surface area contributed by atoms with E-state index in [0.717, 1.165) is 11.1 Å². The van der Waals surface area contributed by atoms with Crippen LogP contribution in [0.4, 0.5) is 0 Å². The zero-order chi connectivity index (χ0) is 17.7. The van der Waals surface area contributed by atoms with Crippen molar-refractivity contribution in [1.82, 2.24) is 0 Å². The van der Waals surface area contributed by atoms with Crippen molar-refractivity contribution in [2.24, 2.45) is 0 Å². The quantitative estimate of drug-likeness (QED) is 0.811. The van der Waals surface area contributed by atoms with Crippen LogP contribution in [0.15, 0.2) is 24.3 Å². The van der Waals surface area contributed by atoms with E-state index in [1.54, 1.807) is 24.3 Å². The Kier molecular flexibility index (Phi) is 5.63. The molecule has 0 atom stereocenters. The number of hydrogen-bond donors (Lipinski definition) is 2. The van der Waals surface area contributed by atoms with Crippen LogP contribution in [0.25, 0.3) is 0 Å². The molecule has 0 amide bonds. The van der Waals surface area contributed by atoms with E-state index in [2.05, 4.69) is 0 Å². The Morgan fingerprint density at radius 1 is 0.583 bits per heavy atom. The van der Waals surface area contributed by atoms with E-state index < -0.39 is 0 Å². The van der Waals surface area contributed by atoms with E-state index in [0.29, 0.717) is 35.8 Å². The van der Waals surface area contributed by atoms with Gasteiger partial charge in [-0.25, -0.2) is 0 Å². The third-order valence-electron chi connectivity index (χ3n) is 3.78. The molecule has 0 saturated carbocycles. The maximum Gasteiger partial charge on any atom is 0.200 e. The first-order valence-corrected chi connectivity index (χ1v) is 7.41. The highest BCUT2D eigenvalue weighted by atomic mass is 16.5. The molecule has 0 bridgehead atoms. The smallest absolute Gasteiger partial charge is 0.200 e. The van der Waals surface area contributed by atoms with Crippen LogP contribution in [0.3, 0.4) is 0 Å². The molecule has 0 spiro atoms. The Bertz CT molecular complexity index is 599. The highest BCUT2D eigenvalue weighted by molar-refractivity contribution is 5.54. The Labute approximate surface area is 141 Å². The van der Waals surface area contributed by atoms with Crippen molar-refractivity contribution < 1.29 is 29.2 Å². The molecule has 0 aliphatic heterocycles. The number of benzene rings is 2. The standard InChI is InChI=1S/C18H22O6/c1-21-13-7-11(8-14(22-2)17(13)19)5-6-12-9-15(23-3)18(20)16(10-12)24-4/h7-10,19-20H,5-6H2,1-4H3. The lowest BCUT2D eigenvalue weighted by atomic mass is 10.0. The molecule has 6 nitrogen and oxygen atoms in total. The van der Waals surface area contributed by atoms with Crippen molar-refractivity contribution in [3.05, 3.63) is 35.4 Å². The molecule has 0 fully saturated rings. The summed E-state index contributed by atoms with van der Waals surface area (Å²) in [6.45, 7) is 0. The average Bonchev–Trinajstić information content (AvgIpc) is 2.61. The van der Waals surface area contributed by atoms with Crippen molar-refractivity contribution in [2.75, 3.05) is 28.4 Å². The molecule has 2 aromatic rings. The molecular formula is C18H22O6. The third kappa shape index (κ3) is 3.59. The van der Waals surface area contributed by atoms with Crippen LogP contribution in [0.2, 0.25) is 0 Å². The summed E-state index contributed by atoms with van der Waals surface area (Å²) in [5.74, 6) is 1.43. The number of phenolic OH excluding ortho intramolecular Hbond substituents is 2. The van der Waals surface area contributed by atoms with Crippen LogP contribution in [-0.2, 0) is 12.8 Å². The van der Waals surface area contributed by atoms with Crippen molar-refractivity contribution in [1.29, 1.82) is 0 Å². The molecule has 0 aromatic heterocycles. The van der Waals surface area contributed by atoms with Gasteiger partial charge in [0.2, 0.25) is 11.5 Å². The van der Waals surface area contributed by atoms with E-state index in [4.69, 9.17) is 18.9 Å². The summed E-state index contributed by atoms with van der Waals surface area (Å²) in [4.78, 5) is 0. The van der Waals surface area contributed by atoms with E-state index in [1.807, 2.05) is 0 Å². The number of rotatable bonds is 7. The van der Waals surface area contributed by atoms with Gasteiger partial charge in [0.05, 0.1) is 28.4 Å². The van der Waals surface area contributed by atoms with Crippen LogP contribution in [0.1, 0.15) is 11.1 Å². The van der Waals surface area contributed by atoms with Crippen molar-refractivity contribution in [3.63, 3.8) is 0 Å². The first-order valence-electron chi connectivity index (χ1n) is 7.41. The molecule has 0 aliphatic carbocycles. The Morgan fingerprint density at radius 3 is 1.04 bits per heavy atom. The van der Waals surface area contributed by atoms with Crippen LogP contribution in [-0.4, -0.2) is 38.7 Å². The summed E-state index contributed by atoms with van der Waals surface area (Å²) in [6.07, 6.45) is 1.37. The van der Waals surface area contributed by atoms with Gasteiger partial charge >= 0.3 is 0 Å². The largest absolute Gasteiger partial charge is 0.502 e. The van der Waals surface area contributed by atoms with Crippen LogP contribution in [0, 0.1) is 0 Å². The minimum absolute atomic E-state index is 0.0169. The number of methoxy groups -OCH3 is 4. The number of aromatic hydroxyl groups is 2. The zero-order valence-corrected chi connectivity index (χ0v) is 14.3. The number of hydrogen-bond acceptors (Lipinski definition) is 6. The highest BCUT2D eigenvalue weighted by Gasteiger charge is 2.13. The van der Waals surface area contributed by atoms with Gasteiger partial charge in [0.1, 0.15) is 0 Å². The van der Waals surface area contributed by atoms with Gasteiger partial charge in [0.25, 0.3) is 0 Å². The lowest BCUT2D eigenvalue weighted by molar-refractivity contribution is 0.338. The second-order valence-corrected chi connectivity index (χ2v) is 5.20. The molecule has 2 rings (SSSR count). The molecule has 2 aromatic carbocycles. The van der Waals surface area contributed by atoms with Crippen molar-refractivity contribution in [2.45, 2.75) is 12.8 Å². The highest BCUT2D eigenvalue weighted by Crippen LogP contribution is 2.39. The molecule has 0 radical (unpaired) electrons. The normalized spacial score (nSPS) is 10.3. The second-order valence-electron chi connectivity index (χ2n) is 5.20. The van der Waals surface area contributed by atoms with Crippen molar-refractivity contribution in [3.8, 4) is 34.5 Å². The minimum Gasteiger partial charge on any atom is -0.502 e. The summed E-state index contributed by atoms with van der Waals surface area (Å²) in [5.41, 5.74) is 1.90. The van der Waals surface area contributed by atoms with Gasteiger partial charge in [0.15, 0.2) is 23.0 Å². The summed E-state index contributed by atoms with van der Waals surface area (Å²) in [6, 6.07) is 7.08. The fourth-order valence-corrected chi connectivity index (χ4v) is 2.47. The topological polar surface area (TPSA) is 77.4 Å². The third-order valence-corrected chi connectivity index (χ3v) is 3.78. The molecule has 130 valence electrons. The lowest BCUT2D eigenvalue weighted by Gasteiger charge is -2.13. The Hall–Kier alpha value is -2.76. The second kappa shape index (κ2) is 7.68. The fourth-order valence-electron chi connectivity index (χ4n) is 2.47. The summed E-state index contributed by atoms with van der Waals surface area (Å²) < 4.78 is 20.7. The predicted octanol–water partition coefficient (Wildman–Crippen LogP) is 2.92. The molecule has 0 unspecified atom stereocenters. The zero-order valence-electron chi connectivity index (χ0n) is 14.3. The summed E-state index contributed by atoms with van der Waals surface area (Å²) in [5, 5.41) is 19.9. The molecule has 2 N–H and O–H groups in total. The maximum atomic E-state index is 9.95. The number of ether oxygens (including phenoxy) is 4. The first kappa shape index (κ1) is 17.6. The fraction of sp³-hybridized carbons (Fsp3) is 0.333. The number of phenols is 2. The summed E-state index contributed by atoms with van der Waals surface area (Å²) >= 11 is 0. The van der Waals surface area contributed by atoms with E-state index >= 15 is 0 Å².